The van der Waals surface area contributed by atoms with Crippen LogP contribution in [0.4, 0.5) is 14.5 Å². The lowest BCUT2D eigenvalue weighted by Gasteiger charge is -2.31. The Labute approximate surface area is 160 Å². The van der Waals surface area contributed by atoms with Gasteiger partial charge < -0.3 is 5.32 Å². The summed E-state index contributed by atoms with van der Waals surface area (Å²) >= 11 is 0. The number of nitrogens with two attached hydrogens (primary N) is 1. The highest BCUT2D eigenvalue weighted by Gasteiger charge is 2.38. The molecule has 3 N–H and O–H groups in total. The summed E-state index contributed by atoms with van der Waals surface area (Å²) < 4.78 is 26.5. The largest absolute Gasteiger partial charge is 0.346 e. The van der Waals surface area contributed by atoms with Gasteiger partial charge in [0, 0.05) is 6.07 Å². The van der Waals surface area contributed by atoms with Gasteiger partial charge in [-0.2, -0.15) is 0 Å². The van der Waals surface area contributed by atoms with E-state index in [0.717, 1.165) is 22.7 Å². The van der Waals surface area contributed by atoms with Crippen molar-refractivity contribution in [2.75, 3.05) is 5.01 Å². The Morgan fingerprint density at radius 2 is 1.86 bits per heavy atom. The first-order valence-electron chi connectivity index (χ1n) is 8.71. The number of halogens is 2. The SMILES string of the molecule is C[C@H](NC(=O)Cc1cc(F)cc(F)c1)C(=O)C1Cc2ccccc2N(N)C1=O. The first kappa shape index (κ1) is 19.6. The average Bonchev–Trinajstić information content (AvgIpc) is 2.63. The molecule has 0 saturated carbocycles. The van der Waals surface area contributed by atoms with Gasteiger partial charge in [0.1, 0.15) is 17.6 Å². The van der Waals surface area contributed by atoms with Crippen LogP contribution in [0.25, 0.3) is 0 Å². The summed E-state index contributed by atoms with van der Waals surface area (Å²) in [6.45, 7) is 1.46. The van der Waals surface area contributed by atoms with E-state index in [-0.39, 0.29) is 18.4 Å². The molecule has 0 fully saturated rings. The van der Waals surface area contributed by atoms with Gasteiger partial charge in [0.2, 0.25) is 5.91 Å². The molecule has 0 saturated heterocycles. The van der Waals surface area contributed by atoms with Crippen molar-refractivity contribution in [3.63, 3.8) is 0 Å². The number of hydrazine groups is 1. The molecule has 28 heavy (non-hydrogen) atoms. The predicted octanol–water partition coefficient (Wildman–Crippen LogP) is 1.66. The van der Waals surface area contributed by atoms with Crippen LogP contribution in [0.2, 0.25) is 0 Å². The molecule has 0 aromatic heterocycles. The van der Waals surface area contributed by atoms with Crippen LogP contribution in [0.5, 0.6) is 0 Å². The van der Waals surface area contributed by atoms with Gasteiger partial charge in [0.15, 0.2) is 5.78 Å². The number of hydrogen-bond donors (Lipinski definition) is 2. The van der Waals surface area contributed by atoms with Gasteiger partial charge in [0.05, 0.1) is 18.2 Å². The number of carbonyl (C=O) groups excluding carboxylic acids is 3. The van der Waals surface area contributed by atoms with E-state index in [4.69, 9.17) is 5.84 Å². The number of hydrogen-bond acceptors (Lipinski definition) is 4. The molecular formula is C20H19F2N3O3. The molecule has 0 aliphatic carbocycles. The lowest BCUT2D eigenvalue weighted by atomic mass is 9.87. The van der Waals surface area contributed by atoms with Gasteiger partial charge in [-0.25, -0.2) is 19.6 Å². The highest BCUT2D eigenvalue weighted by Crippen LogP contribution is 2.29. The van der Waals surface area contributed by atoms with Crippen LogP contribution in [0.15, 0.2) is 42.5 Å². The van der Waals surface area contributed by atoms with Crippen molar-refractivity contribution in [1.82, 2.24) is 5.32 Å². The second-order valence-electron chi connectivity index (χ2n) is 6.74. The molecule has 3 rings (SSSR count). The molecule has 1 heterocycles. The third kappa shape index (κ3) is 4.07. The van der Waals surface area contributed by atoms with E-state index in [2.05, 4.69) is 5.32 Å². The van der Waals surface area contributed by atoms with E-state index in [1.54, 1.807) is 24.3 Å². The normalized spacial score (nSPS) is 17.1. The Morgan fingerprint density at radius 1 is 1.21 bits per heavy atom. The van der Waals surface area contributed by atoms with E-state index in [1.165, 1.54) is 6.92 Å². The van der Waals surface area contributed by atoms with Crippen molar-refractivity contribution in [2.45, 2.75) is 25.8 Å². The van der Waals surface area contributed by atoms with Crippen molar-refractivity contribution in [1.29, 1.82) is 0 Å². The van der Waals surface area contributed by atoms with Crippen LogP contribution in [0.3, 0.4) is 0 Å². The predicted molar refractivity (Wildman–Crippen MR) is 98.0 cm³/mol. The average molecular weight is 387 g/mol. The fourth-order valence-corrected chi connectivity index (χ4v) is 3.30. The number of anilines is 1. The van der Waals surface area contributed by atoms with Gasteiger partial charge in [-0.3, -0.25) is 14.4 Å². The molecule has 0 spiro atoms. The highest BCUT2D eigenvalue weighted by molar-refractivity contribution is 6.11. The van der Waals surface area contributed by atoms with Gasteiger partial charge in [-0.1, -0.05) is 18.2 Å². The Kier molecular flexibility index (Phi) is 5.51. The Balaban J connectivity index is 1.67. The smallest absolute Gasteiger partial charge is 0.252 e. The number of fused-ring (bicyclic) bond motifs is 1. The van der Waals surface area contributed by atoms with Gasteiger partial charge in [-0.15, -0.1) is 0 Å². The maximum atomic E-state index is 13.2. The van der Waals surface area contributed by atoms with Crippen LogP contribution in [0, 0.1) is 17.6 Å². The highest BCUT2D eigenvalue weighted by atomic mass is 19.1. The molecule has 2 amide bonds. The zero-order valence-corrected chi connectivity index (χ0v) is 15.1. The minimum Gasteiger partial charge on any atom is -0.346 e. The molecule has 2 atom stereocenters. The Bertz CT molecular complexity index is 928. The zero-order chi connectivity index (χ0) is 20.4. The standard InChI is InChI=1S/C20H19F2N3O3/c1-11(24-18(26)8-12-6-14(21)10-15(22)7-12)19(27)16-9-13-4-2-3-5-17(13)25(23)20(16)28/h2-7,10-11,16H,8-9,23H2,1H3,(H,24,26)/t11-,16?/m0/s1. The van der Waals surface area contributed by atoms with E-state index >= 15 is 0 Å². The number of benzene rings is 2. The number of ketones is 1. The molecule has 6 nitrogen and oxygen atoms in total. The summed E-state index contributed by atoms with van der Waals surface area (Å²) in [5.74, 6) is 1.62. The number of amides is 2. The number of carbonyl (C=O) groups is 3. The third-order valence-electron chi connectivity index (χ3n) is 4.65. The Hall–Kier alpha value is -3.13. The monoisotopic (exact) mass is 387 g/mol. The number of nitrogens with one attached hydrogen (secondary N) is 1. The van der Waals surface area contributed by atoms with Crippen molar-refractivity contribution in [2.24, 2.45) is 11.8 Å². The molecule has 2 aromatic carbocycles. The van der Waals surface area contributed by atoms with Crippen LogP contribution in [-0.4, -0.2) is 23.6 Å². The summed E-state index contributed by atoms with van der Waals surface area (Å²) in [5, 5.41) is 3.43. The molecule has 146 valence electrons. The molecule has 2 aromatic rings. The van der Waals surface area contributed by atoms with E-state index in [1.807, 2.05) is 0 Å². The quantitative estimate of drug-likeness (QED) is 0.464. The van der Waals surface area contributed by atoms with E-state index < -0.39 is 41.2 Å². The maximum Gasteiger partial charge on any atom is 0.252 e. The minimum absolute atomic E-state index is 0.144. The van der Waals surface area contributed by atoms with Crippen LogP contribution in [0.1, 0.15) is 18.1 Å². The lowest BCUT2D eigenvalue weighted by Crippen LogP contribution is -2.52. The first-order chi connectivity index (χ1) is 13.3. The number of rotatable bonds is 5. The molecule has 0 bridgehead atoms. The Morgan fingerprint density at radius 3 is 2.54 bits per heavy atom. The fourth-order valence-electron chi connectivity index (χ4n) is 3.30. The molecule has 1 unspecified atom stereocenters. The third-order valence-corrected chi connectivity index (χ3v) is 4.65. The van der Waals surface area contributed by atoms with Crippen molar-refractivity contribution >= 4 is 23.3 Å². The van der Waals surface area contributed by atoms with Gasteiger partial charge >= 0.3 is 0 Å². The number of nitrogens with zero attached hydrogens (tertiary/aromatic N) is 1. The second-order valence-corrected chi connectivity index (χ2v) is 6.74. The summed E-state index contributed by atoms with van der Waals surface area (Å²) in [6, 6.07) is 8.84. The second kappa shape index (κ2) is 7.85. The van der Waals surface area contributed by atoms with Gasteiger partial charge in [0.25, 0.3) is 5.91 Å². The lowest BCUT2D eigenvalue weighted by molar-refractivity contribution is -0.136. The summed E-state index contributed by atoms with van der Waals surface area (Å²) in [6.07, 6.45) is -0.104. The van der Waals surface area contributed by atoms with Gasteiger partial charge in [-0.05, 0) is 42.7 Å². The van der Waals surface area contributed by atoms with Crippen LogP contribution in [-0.2, 0) is 27.2 Å². The summed E-state index contributed by atoms with van der Waals surface area (Å²) in [7, 11) is 0. The minimum atomic E-state index is -1.01. The fraction of sp³-hybridized carbons (Fsp3) is 0.250. The van der Waals surface area contributed by atoms with Crippen molar-refractivity contribution in [3.8, 4) is 0 Å². The zero-order valence-electron chi connectivity index (χ0n) is 15.1. The number of Topliss-reactive ketones (excluding diaryl/α,β-unsaturated/α-hetero) is 1. The topological polar surface area (TPSA) is 92.5 Å². The molecule has 1 aliphatic heterocycles. The number of para-hydroxylation sites is 1. The summed E-state index contributed by atoms with van der Waals surface area (Å²) in [5.41, 5.74) is 1.45. The molecular weight excluding hydrogens is 368 g/mol. The van der Waals surface area contributed by atoms with E-state index in [9.17, 15) is 23.2 Å². The van der Waals surface area contributed by atoms with Crippen molar-refractivity contribution < 1.29 is 23.2 Å². The van der Waals surface area contributed by atoms with Crippen molar-refractivity contribution in [3.05, 3.63) is 65.2 Å². The van der Waals surface area contributed by atoms with E-state index in [0.29, 0.717) is 11.8 Å². The van der Waals surface area contributed by atoms with Crippen LogP contribution >= 0.6 is 0 Å². The summed E-state index contributed by atoms with van der Waals surface area (Å²) in [4.78, 5) is 37.3. The molecule has 8 heteroatoms. The first-order valence-corrected chi connectivity index (χ1v) is 8.71. The van der Waals surface area contributed by atoms with Crippen LogP contribution < -0.4 is 16.2 Å². The molecule has 0 radical (unpaired) electrons. The molecule has 1 aliphatic rings. The maximum absolute atomic E-state index is 13.2.